The number of halogens is 2. The molecule has 112 valence electrons. The highest BCUT2D eigenvalue weighted by atomic mass is 35.5. The van der Waals surface area contributed by atoms with E-state index < -0.39 is 33.3 Å². The lowest BCUT2D eigenvalue weighted by molar-refractivity contribution is -0.141. The minimum absolute atomic E-state index is 0.292. The molecule has 1 aromatic rings. The SMILES string of the molecule is CC(C)(C)C(NS(=O)(=O)c1ccc(F)c(Cl)c1)C(=O)O. The average molecular weight is 324 g/mol. The van der Waals surface area contributed by atoms with E-state index in [4.69, 9.17) is 16.7 Å². The third-order valence-corrected chi connectivity index (χ3v) is 4.30. The molecule has 20 heavy (non-hydrogen) atoms. The maximum atomic E-state index is 13.0. The Kier molecular flexibility index (Phi) is 4.78. The quantitative estimate of drug-likeness (QED) is 0.890. The van der Waals surface area contributed by atoms with Crippen molar-refractivity contribution in [3.05, 3.63) is 29.0 Å². The topological polar surface area (TPSA) is 83.5 Å². The minimum atomic E-state index is -4.11. The molecule has 0 aromatic heterocycles. The summed E-state index contributed by atoms with van der Waals surface area (Å²) >= 11 is 5.53. The van der Waals surface area contributed by atoms with Gasteiger partial charge in [0.15, 0.2) is 0 Å². The normalized spacial score (nSPS) is 14.1. The van der Waals surface area contributed by atoms with Crippen LogP contribution in [0.2, 0.25) is 5.02 Å². The summed E-state index contributed by atoms with van der Waals surface area (Å²) in [6.07, 6.45) is 0. The van der Waals surface area contributed by atoms with Gasteiger partial charge in [0.25, 0.3) is 0 Å². The van der Waals surface area contributed by atoms with E-state index in [9.17, 15) is 17.6 Å². The van der Waals surface area contributed by atoms with Gasteiger partial charge in [-0.15, -0.1) is 0 Å². The van der Waals surface area contributed by atoms with Gasteiger partial charge in [0.2, 0.25) is 10.0 Å². The van der Waals surface area contributed by atoms with Gasteiger partial charge in [-0.05, 0) is 23.6 Å². The van der Waals surface area contributed by atoms with Crippen molar-refractivity contribution in [3.63, 3.8) is 0 Å². The molecule has 0 spiro atoms. The molecule has 0 saturated carbocycles. The number of nitrogens with one attached hydrogen (secondary N) is 1. The molecule has 0 heterocycles. The van der Waals surface area contributed by atoms with Crippen molar-refractivity contribution < 1.29 is 22.7 Å². The first-order valence-corrected chi connectivity index (χ1v) is 7.51. The van der Waals surface area contributed by atoms with E-state index in [2.05, 4.69) is 4.72 Å². The van der Waals surface area contributed by atoms with E-state index in [-0.39, 0.29) is 9.92 Å². The Morgan fingerprint density at radius 3 is 2.35 bits per heavy atom. The summed E-state index contributed by atoms with van der Waals surface area (Å²) in [5, 5.41) is 8.75. The van der Waals surface area contributed by atoms with Crippen molar-refractivity contribution in [3.8, 4) is 0 Å². The van der Waals surface area contributed by atoms with Gasteiger partial charge in [0.1, 0.15) is 11.9 Å². The molecule has 0 saturated heterocycles. The van der Waals surface area contributed by atoms with Gasteiger partial charge in [-0.25, -0.2) is 12.8 Å². The zero-order chi connectivity index (χ0) is 15.7. The zero-order valence-corrected chi connectivity index (χ0v) is 12.7. The summed E-state index contributed by atoms with van der Waals surface area (Å²) in [7, 11) is -4.11. The van der Waals surface area contributed by atoms with Crippen LogP contribution in [0.4, 0.5) is 4.39 Å². The molecule has 0 radical (unpaired) electrons. The highest BCUT2D eigenvalue weighted by Crippen LogP contribution is 2.23. The Morgan fingerprint density at radius 2 is 1.95 bits per heavy atom. The third kappa shape index (κ3) is 3.91. The molecular formula is C12H15ClFNO4S. The highest BCUT2D eigenvalue weighted by Gasteiger charge is 2.35. The fourth-order valence-electron chi connectivity index (χ4n) is 1.46. The Labute approximate surface area is 121 Å². The van der Waals surface area contributed by atoms with Crippen LogP contribution in [0, 0.1) is 11.2 Å². The van der Waals surface area contributed by atoms with Gasteiger partial charge in [-0.1, -0.05) is 32.4 Å². The summed E-state index contributed by atoms with van der Waals surface area (Å²) in [5.41, 5.74) is -0.831. The number of aliphatic carboxylic acids is 1. The molecule has 1 atom stereocenters. The van der Waals surface area contributed by atoms with Gasteiger partial charge in [-0.2, -0.15) is 4.72 Å². The summed E-state index contributed by atoms with van der Waals surface area (Å²) in [6.45, 7) is 4.77. The molecule has 1 rings (SSSR count). The van der Waals surface area contributed by atoms with Crippen molar-refractivity contribution in [2.24, 2.45) is 5.41 Å². The maximum absolute atomic E-state index is 13.0. The number of hydrogen-bond donors (Lipinski definition) is 2. The van der Waals surface area contributed by atoms with Gasteiger partial charge < -0.3 is 5.11 Å². The van der Waals surface area contributed by atoms with Crippen molar-refractivity contribution in [2.75, 3.05) is 0 Å². The van der Waals surface area contributed by atoms with Crippen LogP contribution in [0.15, 0.2) is 23.1 Å². The number of sulfonamides is 1. The second-order valence-electron chi connectivity index (χ2n) is 5.33. The van der Waals surface area contributed by atoms with Crippen LogP contribution in [-0.2, 0) is 14.8 Å². The first-order valence-electron chi connectivity index (χ1n) is 5.65. The number of hydrogen-bond acceptors (Lipinski definition) is 3. The Hall–Kier alpha value is -1.18. The third-order valence-electron chi connectivity index (χ3n) is 2.59. The summed E-state index contributed by atoms with van der Waals surface area (Å²) < 4.78 is 39.3. The number of rotatable bonds is 4. The largest absolute Gasteiger partial charge is 0.480 e. The lowest BCUT2D eigenvalue weighted by atomic mass is 9.88. The Morgan fingerprint density at radius 1 is 1.40 bits per heavy atom. The Bertz CT molecular complexity index is 625. The predicted octanol–water partition coefficient (Wildman–Crippen LogP) is 2.26. The molecule has 1 aromatic carbocycles. The monoisotopic (exact) mass is 323 g/mol. The van der Waals surface area contributed by atoms with Crippen LogP contribution in [-0.4, -0.2) is 25.5 Å². The molecule has 1 unspecified atom stereocenters. The molecule has 5 nitrogen and oxygen atoms in total. The van der Waals surface area contributed by atoms with Crippen LogP contribution in [0.25, 0.3) is 0 Å². The van der Waals surface area contributed by atoms with Crippen LogP contribution in [0.3, 0.4) is 0 Å². The van der Waals surface area contributed by atoms with Gasteiger partial charge in [0, 0.05) is 0 Å². The molecule has 0 aliphatic carbocycles. The van der Waals surface area contributed by atoms with Gasteiger partial charge in [0.05, 0.1) is 9.92 Å². The fourth-order valence-corrected chi connectivity index (χ4v) is 3.13. The second kappa shape index (κ2) is 5.67. The van der Waals surface area contributed by atoms with E-state index in [1.807, 2.05) is 0 Å². The van der Waals surface area contributed by atoms with Crippen LogP contribution < -0.4 is 4.72 Å². The standard InChI is InChI=1S/C12H15ClFNO4S/c1-12(2,3)10(11(16)17)15-20(18,19)7-4-5-9(14)8(13)6-7/h4-6,10,15H,1-3H3,(H,16,17). The first-order chi connectivity index (χ1) is 8.95. The molecule has 8 heteroatoms. The molecule has 0 amide bonds. The van der Waals surface area contributed by atoms with Crippen LogP contribution in [0.1, 0.15) is 20.8 Å². The molecule has 2 N–H and O–H groups in total. The molecule has 0 aliphatic heterocycles. The number of carbonyl (C=O) groups is 1. The predicted molar refractivity (Wildman–Crippen MR) is 72.6 cm³/mol. The number of benzene rings is 1. The van der Waals surface area contributed by atoms with Crippen molar-refractivity contribution in [1.29, 1.82) is 0 Å². The number of carboxylic acid groups (broad SMARTS) is 1. The van der Waals surface area contributed by atoms with Crippen LogP contribution >= 0.6 is 11.6 Å². The molecule has 0 fully saturated rings. The average Bonchev–Trinajstić information content (AvgIpc) is 2.27. The van der Waals surface area contributed by atoms with Crippen molar-refractivity contribution >= 4 is 27.6 Å². The first kappa shape index (κ1) is 16.9. The zero-order valence-electron chi connectivity index (χ0n) is 11.1. The van der Waals surface area contributed by atoms with Crippen LogP contribution in [0.5, 0.6) is 0 Å². The lowest BCUT2D eigenvalue weighted by Gasteiger charge is -2.27. The van der Waals surface area contributed by atoms with E-state index in [1.54, 1.807) is 20.8 Å². The smallest absolute Gasteiger partial charge is 0.322 e. The van der Waals surface area contributed by atoms with E-state index in [0.717, 1.165) is 18.2 Å². The minimum Gasteiger partial charge on any atom is -0.480 e. The Balaban J connectivity index is 3.16. The highest BCUT2D eigenvalue weighted by molar-refractivity contribution is 7.89. The van der Waals surface area contributed by atoms with E-state index in [1.165, 1.54) is 0 Å². The summed E-state index contributed by atoms with van der Waals surface area (Å²) in [4.78, 5) is 10.9. The fraction of sp³-hybridized carbons (Fsp3) is 0.417. The second-order valence-corrected chi connectivity index (χ2v) is 7.46. The van der Waals surface area contributed by atoms with Gasteiger partial charge in [-0.3, -0.25) is 4.79 Å². The van der Waals surface area contributed by atoms with E-state index in [0.29, 0.717) is 0 Å². The van der Waals surface area contributed by atoms with E-state index >= 15 is 0 Å². The lowest BCUT2D eigenvalue weighted by Crippen LogP contribution is -2.48. The van der Waals surface area contributed by atoms with Crippen molar-refractivity contribution in [1.82, 2.24) is 4.72 Å². The summed E-state index contributed by atoms with van der Waals surface area (Å²) in [5.74, 6) is -2.05. The molecule has 0 aliphatic rings. The van der Waals surface area contributed by atoms with Gasteiger partial charge >= 0.3 is 5.97 Å². The maximum Gasteiger partial charge on any atom is 0.322 e. The summed E-state index contributed by atoms with van der Waals surface area (Å²) in [6, 6.07) is 1.53. The molecular weight excluding hydrogens is 309 g/mol. The molecule has 0 bridgehead atoms. The van der Waals surface area contributed by atoms with Crippen molar-refractivity contribution in [2.45, 2.75) is 31.7 Å². The number of carboxylic acids is 1.